The fraction of sp³-hybridized carbons (Fsp3) is 0.455. The van der Waals surface area contributed by atoms with Crippen molar-refractivity contribution in [3.8, 4) is 5.75 Å². The summed E-state index contributed by atoms with van der Waals surface area (Å²) in [5.74, 6) is 0.303. The molecular weight excluding hydrogens is 219 g/mol. The Balaban J connectivity index is 2.19. The van der Waals surface area contributed by atoms with E-state index >= 15 is 0 Å². The second-order valence-corrected chi connectivity index (χ2v) is 3.92. The van der Waals surface area contributed by atoms with Crippen LogP contribution in [-0.4, -0.2) is 12.9 Å². The summed E-state index contributed by atoms with van der Waals surface area (Å²) in [7, 11) is 0. The monoisotopic (exact) mass is 231 g/mol. The minimum absolute atomic E-state index is 0.101. The molecule has 0 aliphatic heterocycles. The largest absolute Gasteiger partial charge is 0.573 e. The molecule has 16 heavy (non-hydrogen) atoms. The molecule has 1 saturated carbocycles. The Bertz CT molecular complexity index is 378. The Kier molecular flexibility index (Phi) is 2.80. The minimum Gasteiger partial charge on any atom is -0.405 e. The molecule has 1 aromatic carbocycles. The molecule has 0 aromatic heterocycles. The van der Waals surface area contributed by atoms with Crippen LogP contribution >= 0.6 is 0 Å². The SMILES string of the molecule is NC[C@H]1C[C@@H]1c1ccccc1OC(F)(F)F. The highest BCUT2D eigenvalue weighted by Gasteiger charge is 2.40. The van der Waals surface area contributed by atoms with Crippen molar-refractivity contribution in [1.29, 1.82) is 0 Å². The zero-order valence-corrected chi connectivity index (χ0v) is 8.50. The predicted octanol–water partition coefficient (Wildman–Crippen LogP) is 2.65. The lowest BCUT2D eigenvalue weighted by molar-refractivity contribution is -0.274. The Hall–Kier alpha value is -1.23. The molecule has 2 rings (SSSR count). The average molecular weight is 231 g/mol. The molecule has 0 radical (unpaired) electrons. The number of rotatable bonds is 3. The van der Waals surface area contributed by atoms with Crippen LogP contribution in [0.5, 0.6) is 5.75 Å². The summed E-state index contributed by atoms with van der Waals surface area (Å²) in [5.41, 5.74) is 6.08. The van der Waals surface area contributed by atoms with Crippen molar-refractivity contribution in [2.75, 3.05) is 6.54 Å². The third-order valence-electron chi connectivity index (χ3n) is 2.77. The van der Waals surface area contributed by atoms with Crippen molar-refractivity contribution < 1.29 is 17.9 Å². The lowest BCUT2D eigenvalue weighted by Gasteiger charge is -2.12. The average Bonchev–Trinajstić information content (AvgIpc) is 2.95. The van der Waals surface area contributed by atoms with E-state index in [1.165, 1.54) is 12.1 Å². The molecule has 88 valence electrons. The number of para-hydroxylation sites is 1. The smallest absolute Gasteiger partial charge is 0.405 e. The summed E-state index contributed by atoms with van der Waals surface area (Å²) in [4.78, 5) is 0. The van der Waals surface area contributed by atoms with Gasteiger partial charge in [0.05, 0.1) is 0 Å². The van der Waals surface area contributed by atoms with Crippen LogP contribution < -0.4 is 10.5 Å². The summed E-state index contributed by atoms with van der Waals surface area (Å²) in [5, 5.41) is 0. The van der Waals surface area contributed by atoms with E-state index in [1.54, 1.807) is 12.1 Å². The molecule has 0 heterocycles. The maximum Gasteiger partial charge on any atom is 0.573 e. The topological polar surface area (TPSA) is 35.2 Å². The van der Waals surface area contributed by atoms with E-state index in [0.29, 0.717) is 12.1 Å². The van der Waals surface area contributed by atoms with Gasteiger partial charge in [-0.15, -0.1) is 13.2 Å². The van der Waals surface area contributed by atoms with Crippen LogP contribution in [0.4, 0.5) is 13.2 Å². The third-order valence-corrected chi connectivity index (χ3v) is 2.77. The molecule has 0 unspecified atom stereocenters. The predicted molar refractivity (Wildman–Crippen MR) is 53.0 cm³/mol. The fourth-order valence-corrected chi connectivity index (χ4v) is 1.89. The van der Waals surface area contributed by atoms with Gasteiger partial charge in [0.2, 0.25) is 0 Å². The quantitative estimate of drug-likeness (QED) is 0.867. The first-order valence-corrected chi connectivity index (χ1v) is 5.06. The van der Waals surface area contributed by atoms with Crippen molar-refractivity contribution in [3.05, 3.63) is 29.8 Å². The van der Waals surface area contributed by atoms with Gasteiger partial charge < -0.3 is 10.5 Å². The highest BCUT2D eigenvalue weighted by Crippen LogP contribution is 2.50. The van der Waals surface area contributed by atoms with E-state index in [9.17, 15) is 13.2 Å². The first kappa shape index (κ1) is 11.3. The van der Waals surface area contributed by atoms with Gasteiger partial charge in [0.15, 0.2) is 0 Å². The molecule has 1 aromatic rings. The van der Waals surface area contributed by atoms with Crippen LogP contribution in [0.15, 0.2) is 24.3 Å². The van der Waals surface area contributed by atoms with Crippen molar-refractivity contribution >= 4 is 0 Å². The van der Waals surface area contributed by atoms with Crippen molar-refractivity contribution in [3.63, 3.8) is 0 Å². The highest BCUT2D eigenvalue weighted by molar-refractivity contribution is 5.39. The standard InChI is InChI=1S/C11H12F3NO/c12-11(13,14)16-10-4-2-1-3-8(10)9-5-7(9)6-15/h1-4,7,9H,5-6,15H2/t7-,9+/m1/s1. The van der Waals surface area contributed by atoms with E-state index in [4.69, 9.17) is 5.73 Å². The van der Waals surface area contributed by atoms with Gasteiger partial charge in [0, 0.05) is 0 Å². The van der Waals surface area contributed by atoms with Crippen LogP contribution in [0.3, 0.4) is 0 Å². The normalized spacial score (nSPS) is 24.2. The van der Waals surface area contributed by atoms with Crippen LogP contribution in [0.2, 0.25) is 0 Å². The lowest BCUT2D eigenvalue weighted by atomic mass is 10.1. The number of hydrogen-bond donors (Lipinski definition) is 1. The van der Waals surface area contributed by atoms with E-state index in [0.717, 1.165) is 6.42 Å². The molecule has 2 nitrogen and oxygen atoms in total. The van der Waals surface area contributed by atoms with Gasteiger partial charge in [-0.25, -0.2) is 0 Å². The summed E-state index contributed by atoms with van der Waals surface area (Å²) >= 11 is 0. The zero-order chi connectivity index (χ0) is 11.8. The summed E-state index contributed by atoms with van der Waals surface area (Å²) in [6.45, 7) is 0.505. The second-order valence-electron chi connectivity index (χ2n) is 3.92. The summed E-state index contributed by atoms with van der Waals surface area (Å²) in [6, 6.07) is 6.25. The lowest BCUT2D eigenvalue weighted by Crippen LogP contribution is -2.18. The fourth-order valence-electron chi connectivity index (χ4n) is 1.89. The molecule has 1 fully saturated rings. The minimum atomic E-state index is -4.64. The zero-order valence-electron chi connectivity index (χ0n) is 8.50. The third kappa shape index (κ3) is 2.47. The number of hydrogen-bond acceptors (Lipinski definition) is 2. The van der Waals surface area contributed by atoms with E-state index in [2.05, 4.69) is 4.74 Å². The molecule has 2 atom stereocenters. The van der Waals surface area contributed by atoms with Crippen molar-refractivity contribution in [2.24, 2.45) is 11.7 Å². The molecule has 0 spiro atoms. The molecular formula is C11H12F3NO. The number of nitrogens with two attached hydrogens (primary N) is 1. The number of ether oxygens (including phenoxy) is 1. The van der Waals surface area contributed by atoms with Crippen LogP contribution in [0.25, 0.3) is 0 Å². The van der Waals surface area contributed by atoms with Crippen LogP contribution in [0.1, 0.15) is 17.9 Å². The molecule has 0 amide bonds. The van der Waals surface area contributed by atoms with E-state index < -0.39 is 6.36 Å². The molecule has 1 aliphatic carbocycles. The summed E-state index contributed by atoms with van der Waals surface area (Å²) < 4.78 is 40.4. The Morgan fingerprint density at radius 1 is 1.31 bits per heavy atom. The van der Waals surface area contributed by atoms with Crippen LogP contribution in [0, 0.1) is 5.92 Å². The molecule has 1 aliphatic rings. The Morgan fingerprint density at radius 3 is 2.56 bits per heavy atom. The Morgan fingerprint density at radius 2 is 2.00 bits per heavy atom. The Labute approximate surface area is 91.2 Å². The number of alkyl halides is 3. The van der Waals surface area contributed by atoms with Crippen LogP contribution in [-0.2, 0) is 0 Å². The van der Waals surface area contributed by atoms with Crippen molar-refractivity contribution in [1.82, 2.24) is 0 Å². The molecule has 5 heteroatoms. The molecule has 2 N–H and O–H groups in total. The molecule has 0 saturated heterocycles. The highest BCUT2D eigenvalue weighted by atomic mass is 19.4. The number of benzene rings is 1. The van der Waals surface area contributed by atoms with Gasteiger partial charge in [-0.3, -0.25) is 0 Å². The van der Waals surface area contributed by atoms with Gasteiger partial charge in [-0.05, 0) is 36.4 Å². The van der Waals surface area contributed by atoms with E-state index in [-0.39, 0.29) is 17.6 Å². The first-order valence-electron chi connectivity index (χ1n) is 5.06. The van der Waals surface area contributed by atoms with E-state index in [1.807, 2.05) is 0 Å². The second kappa shape index (κ2) is 3.97. The van der Waals surface area contributed by atoms with Gasteiger partial charge in [-0.1, -0.05) is 18.2 Å². The maximum atomic E-state index is 12.1. The first-order chi connectivity index (χ1) is 7.51. The van der Waals surface area contributed by atoms with Crippen molar-refractivity contribution in [2.45, 2.75) is 18.7 Å². The number of halogens is 3. The molecule has 0 bridgehead atoms. The van der Waals surface area contributed by atoms with Gasteiger partial charge in [0.25, 0.3) is 0 Å². The maximum absolute atomic E-state index is 12.1. The van der Waals surface area contributed by atoms with Gasteiger partial charge >= 0.3 is 6.36 Å². The van der Waals surface area contributed by atoms with Gasteiger partial charge in [-0.2, -0.15) is 0 Å². The summed E-state index contributed by atoms with van der Waals surface area (Å²) in [6.07, 6.45) is -3.79. The van der Waals surface area contributed by atoms with Gasteiger partial charge in [0.1, 0.15) is 5.75 Å².